The molecule has 2 atom stereocenters. The first kappa shape index (κ1) is 10.9. The molecule has 0 aromatic carbocycles. The Kier molecular flexibility index (Phi) is 2.45. The second-order valence-electron chi connectivity index (χ2n) is 5.59. The van der Waals surface area contributed by atoms with Gasteiger partial charge in [-0.05, 0) is 24.7 Å². The zero-order valence-electron chi connectivity index (χ0n) is 10.2. The van der Waals surface area contributed by atoms with Gasteiger partial charge in [-0.1, -0.05) is 6.42 Å². The van der Waals surface area contributed by atoms with Crippen LogP contribution < -0.4 is 10.6 Å². The van der Waals surface area contributed by atoms with Crippen LogP contribution in [-0.4, -0.2) is 17.4 Å². The van der Waals surface area contributed by atoms with E-state index in [9.17, 15) is 4.79 Å². The fraction of sp³-hybridized carbons (Fsp3) is 0.692. The molecule has 2 unspecified atom stereocenters. The molecule has 4 rings (SSSR count). The molecule has 0 spiro atoms. The molecule has 1 aromatic rings. The number of hydrogen-bond acceptors (Lipinski definition) is 4. The molecular formula is C13H17N3OS. The van der Waals surface area contributed by atoms with Crippen molar-refractivity contribution in [1.29, 1.82) is 0 Å². The Morgan fingerprint density at radius 1 is 1.39 bits per heavy atom. The Morgan fingerprint density at radius 3 is 3.00 bits per heavy atom. The highest BCUT2D eigenvalue weighted by Crippen LogP contribution is 2.57. The molecule has 3 aliphatic rings. The second kappa shape index (κ2) is 4.03. The van der Waals surface area contributed by atoms with Gasteiger partial charge < -0.3 is 10.6 Å². The number of hydrogen-bond donors (Lipinski definition) is 2. The van der Waals surface area contributed by atoms with Crippen molar-refractivity contribution in [1.82, 2.24) is 10.3 Å². The van der Waals surface area contributed by atoms with Gasteiger partial charge in [0.2, 0.25) is 5.91 Å². The minimum atomic E-state index is 0.212. The zero-order chi connectivity index (χ0) is 12.1. The van der Waals surface area contributed by atoms with Gasteiger partial charge >= 0.3 is 0 Å². The van der Waals surface area contributed by atoms with Gasteiger partial charge in [0.15, 0.2) is 5.13 Å². The Balaban J connectivity index is 1.45. The van der Waals surface area contributed by atoms with Gasteiger partial charge in [-0.15, -0.1) is 11.3 Å². The van der Waals surface area contributed by atoms with Crippen LogP contribution in [0.2, 0.25) is 0 Å². The molecule has 0 radical (unpaired) electrons. The van der Waals surface area contributed by atoms with E-state index >= 15 is 0 Å². The Hall–Kier alpha value is -0.940. The molecule has 1 amide bonds. The Bertz CT molecular complexity index is 465. The van der Waals surface area contributed by atoms with Crippen LogP contribution in [0.4, 0.5) is 5.13 Å². The number of anilines is 1. The summed E-state index contributed by atoms with van der Waals surface area (Å²) >= 11 is 1.63. The van der Waals surface area contributed by atoms with Crippen molar-refractivity contribution in [3.05, 3.63) is 10.6 Å². The molecule has 5 heteroatoms. The molecule has 2 saturated carbocycles. The maximum atomic E-state index is 12.1. The van der Waals surface area contributed by atoms with E-state index in [4.69, 9.17) is 0 Å². The number of nitrogens with one attached hydrogen (secondary N) is 2. The highest BCUT2D eigenvalue weighted by Gasteiger charge is 2.56. The van der Waals surface area contributed by atoms with E-state index in [1.807, 2.05) is 0 Å². The third-order valence-corrected chi connectivity index (χ3v) is 5.55. The summed E-state index contributed by atoms with van der Waals surface area (Å²) in [5, 5.41) is 7.17. The van der Waals surface area contributed by atoms with Crippen molar-refractivity contribution in [2.24, 2.45) is 17.8 Å². The molecule has 1 aromatic heterocycles. The first-order valence-corrected chi connectivity index (χ1v) is 7.65. The van der Waals surface area contributed by atoms with E-state index in [-0.39, 0.29) is 11.8 Å². The molecule has 1 aliphatic heterocycles. The van der Waals surface area contributed by atoms with Crippen LogP contribution in [0.15, 0.2) is 0 Å². The molecule has 2 N–H and O–H groups in total. The molecular weight excluding hydrogens is 246 g/mol. The minimum absolute atomic E-state index is 0.212. The first-order valence-electron chi connectivity index (χ1n) is 6.83. The maximum absolute atomic E-state index is 12.1. The molecule has 2 fully saturated rings. The molecule has 4 nitrogen and oxygen atoms in total. The largest absolute Gasteiger partial charge is 0.311 e. The van der Waals surface area contributed by atoms with Crippen LogP contribution in [0.25, 0.3) is 0 Å². The van der Waals surface area contributed by atoms with E-state index in [1.54, 1.807) is 11.3 Å². The predicted octanol–water partition coefficient (Wildman–Crippen LogP) is 1.77. The summed E-state index contributed by atoms with van der Waals surface area (Å²) in [7, 11) is 0. The van der Waals surface area contributed by atoms with E-state index in [0.717, 1.165) is 24.6 Å². The topological polar surface area (TPSA) is 54.0 Å². The zero-order valence-corrected chi connectivity index (χ0v) is 11.1. The van der Waals surface area contributed by atoms with Crippen LogP contribution in [0, 0.1) is 17.8 Å². The first-order chi connectivity index (χ1) is 8.83. The minimum Gasteiger partial charge on any atom is -0.311 e. The van der Waals surface area contributed by atoms with Crippen molar-refractivity contribution < 1.29 is 4.79 Å². The Morgan fingerprint density at radius 2 is 2.22 bits per heavy atom. The quantitative estimate of drug-likeness (QED) is 0.855. The maximum Gasteiger partial charge on any atom is 0.229 e. The van der Waals surface area contributed by atoms with Crippen LogP contribution in [0.3, 0.4) is 0 Å². The van der Waals surface area contributed by atoms with Crippen molar-refractivity contribution >= 4 is 22.4 Å². The summed E-state index contributed by atoms with van der Waals surface area (Å²) in [5.41, 5.74) is 1.17. The van der Waals surface area contributed by atoms with Crippen LogP contribution in [0.5, 0.6) is 0 Å². The van der Waals surface area contributed by atoms with Gasteiger partial charge in [-0.2, -0.15) is 0 Å². The highest BCUT2D eigenvalue weighted by atomic mass is 32.1. The number of fused-ring (bicyclic) bond motifs is 2. The molecule has 0 bridgehead atoms. The lowest BCUT2D eigenvalue weighted by molar-refractivity contribution is -0.118. The molecule has 0 saturated heterocycles. The SMILES string of the molecule is O=C(Nc1nc2c(s1)CNCC2)C1C2CCCC21. The lowest BCUT2D eigenvalue weighted by Gasteiger charge is -2.09. The molecule has 2 aliphatic carbocycles. The molecule has 2 heterocycles. The average molecular weight is 263 g/mol. The standard InChI is InChI=1S/C13H17N3OS/c17-12(11-7-2-1-3-8(7)11)16-13-15-9-4-5-14-6-10(9)18-13/h7-8,11,14H,1-6H2,(H,15,16,17). The molecule has 18 heavy (non-hydrogen) atoms. The summed E-state index contributed by atoms with van der Waals surface area (Å²) < 4.78 is 0. The van der Waals surface area contributed by atoms with Crippen LogP contribution in [-0.2, 0) is 17.8 Å². The number of aromatic nitrogens is 1. The summed E-state index contributed by atoms with van der Waals surface area (Å²) in [6, 6.07) is 0. The van der Waals surface area contributed by atoms with Crippen molar-refractivity contribution in [2.45, 2.75) is 32.2 Å². The molecule has 96 valence electrons. The van der Waals surface area contributed by atoms with Gasteiger partial charge in [-0.25, -0.2) is 4.98 Å². The number of carbonyl (C=O) groups is 1. The van der Waals surface area contributed by atoms with Gasteiger partial charge in [-0.3, -0.25) is 4.79 Å². The predicted molar refractivity (Wildman–Crippen MR) is 70.5 cm³/mol. The lowest BCUT2D eigenvalue weighted by atomic mass is 10.1. The van der Waals surface area contributed by atoms with Crippen LogP contribution >= 0.6 is 11.3 Å². The fourth-order valence-corrected chi connectivity index (χ4v) is 4.56. The van der Waals surface area contributed by atoms with Crippen molar-refractivity contribution in [2.75, 3.05) is 11.9 Å². The van der Waals surface area contributed by atoms with E-state index in [1.165, 1.54) is 29.8 Å². The lowest BCUT2D eigenvalue weighted by Crippen LogP contribution is -2.22. The van der Waals surface area contributed by atoms with E-state index in [0.29, 0.717) is 11.8 Å². The third kappa shape index (κ3) is 1.68. The number of rotatable bonds is 2. The van der Waals surface area contributed by atoms with Gasteiger partial charge in [0.25, 0.3) is 0 Å². The van der Waals surface area contributed by atoms with E-state index < -0.39 is 0 Å². The smallest absolute Gasteiger partial charge is 0.229 e. The number of thiazole rings is 1. The van der Waals surface area contributed by atoms with Gasteiger partial charge in [0.1, 0.15) is 0 Å². The van der Waals surface area contributed by atoms with Gasteiger partial charge in [0, 0.05) is 30.3 Å². The number of carbonyl (C=O) groups excluding carboxylic acids is 1. The van der Waals surface area contributed by atoms with Crippen molar-refractivity contribution in [3.8, 4) is 0 Å². The monoisotopic (exact) mass is 263 g/mol. The highest BCUT2D eigenvalue weighted by molar-refractivity contribution is 7.15. The number of amides is 1. The summed E-state index contributed by atoms with van der Waals surface area (Å²) in [4.78, 5) is 18.0. The van der Waals surface area contributed by atoms with Crippen LogP contribution in [0.1, 0.15) is 29.8 Å². The summed E-state index contributed by atoms with van der Waals surface area (Å²) in [5.74, 6) is 1.86. The normalized spacial score (nSPS) is 32.8. The Labute approximate surface area is 110 Å². The summed E-state index contributed by atoms with van der Waals surface area (Å²) in [6.07, 6.45) is 4.80. The summed E-state index contributed by atoms with van der Waals surface area (Å²) in [6.45, 7) is 1.90. The average Bonchev–Trinajstić information content (AvgIpc) is 2.77. The van der Waals surface area contributed by atoms with E-state index in [2.05, 4.69) is 15.6 Å². The van der Waals surface area contributed by atoms with Crippen molar-refractivity contribution in [3.63, 3.8) is 0 Å². The third-order valence-electron chi connectivity index (χ3n) is 4.54. The second-order valence-corrected chi connectivity index (χ2v) is 6.67. The van der Waals surface area contributed by atoms with Gasteiger partial charge in [0.05, 0.1) is 5.69 Å². The fourth-order valence-electron chi connectivity index (χ4n) is 3.58. The number of nitrogens with zero attached hydrogens (tertiary/aromatic N) is 1.